The van der Waals surface area contributed by atoms with Crippen LogP contribution in [0, 0.1) is 0 Å². The van der Waals surface area contributed by atoms with E-state index in [1.807, 2.05) is 0 Å². The zero-order valence-electron chi connectivity index (χ0n) is 4.04. The van der Waals surface area contributed by atoms with E-state index in [1.54, 1.807) is 0 Å². The third-order valence-corrected chi connectivity index (χ3v) is 4.49. The lowest BCUT2D eigenvalue weighted by atomic mass is 11.0. The van der Waals surface area contributed by atoms with Gasteiger partial charge in [-0.25, -0.2) is 0 Å². The fourth-order valence-corrected chi connectivity index (χ4v) is 0. The fraction of sp³-hybridized carbons (Fsp3) is 1.00. The molecule has 0 spiro atoms. The van der Waals surface area contributed by atoms with Gasteiger partial charge in [0.05, 0.1) is 0 Å². The van der Waals surface area contributed by atoms with E-state index in [0.717, 1.165) is 0 Å². The predicted molar refractivity (Wildman–Crippen MR) is 38.6 cm³/mol. The number of halogens is 2. The van der Waals surface area contributed by atoms with Crippen molar-refractivity contribution in [2.45, 2.75) is 13.0 Å². The van der Waals surface area contributed by atoms with Crippen LogP contribution in [0.15, 0.2) is 0 Å². The van der Waals surface area contributed by atoms with Crippen molar-refractivity contribution < 1.29 is 1.43 Å². The van der Waals surface area contributed by atoms with Crippen molar-refractivity contribution in [2.24, 2.45) is 0 Å². The van der Waals surface area contributed by atoms with E-state index in [-0.39, 0.29) is 1.43 Å². The third-order valence-electron chi connectivity index (χ3n) is 0.309. The minimum Gasteiger partial charge on any atom is -0.158 e. The Labute approximate surface area is 52.9 Å². The fourth-order valence-electron chi connectivity index (χ4n) is 0. The third kappa shape index (κ3) is 5.24. The molecule has 1 atom stereocenters. The summed E-state index contributed by atoms with van der Waals surface area (Å²) in [5.74, 6) is 0. The summed E-state index contributed by atoms with van der Waals surface area (Å²) in [4.78, 5) is 0. The van der Waals surface area contributed by atoms with E-state index < -0.39 is 5.60 Å². The van der Waals surface area contributed by atoms with Crippen molar-refractivity contribution in [1.82, 2.24) is 0 Å². The average Bonchev–Trinajstić information content (AvgIpc) is 1.38. The van der Waals surface area contributed by atoms with E-state index in [4.69, 9.17) is 11.1 Å². The first-order valence-electron chi connectivity index (χ1n) is 1.55. The van der Waals surface area contributed by atoms with Gasteiger partial charge in [0.1, 0.15) is 0 Å². The Morgan fingerprint density at radius 1 is 2.20 bits per heavy atom. The summed E-state index contributed by atoms with van der Waals surface area (Å²) in [5.41, 5.74) is -0.707. The van der Waals surface area contributed by atoms with Gasteiger partial charge in [0.25, 0.3) is 0 Å². The molecule has 0 aromatic rings. The molecule has 0 bridgehead atoms. The van der Waals surface area contributed by atoms with Crippen molar-refractivity contribution in [3.8, 4) is 0 Å². The summed E-state index contributed by atoms with van der Waals surface area (Å²) in [5, 5.41) is 0. The second-order valence-corrected chi connectivity index (χ2v) is 10.7. The minimum atomic E-state index is -0.707. The van der Waals surface area contributed by atoms with Gasteiger partial charge >= 0.3 is 1.43 Å². The quantitative estimate of drug-likeness (QED) is 0.361. The molecule has 3 heteroatoms. The molecule has 0 heterocycles. The molecule has 0 saturated heterocycles. The van der Waals surface area contributed by atoms with Crippen LogP contribution < -0.4 is 0 Å². The van der Waals surface area contributed by atoms with Crippen molar-refractivity contribution in [2.75, 3.05) is 0 Å². The van der Waals surface area contributed by atoms with E-state index in [9.17, 15) is 0 Å². The van der Waals surface area contributed by atoms with Gasteiger partial charge < -0.3 is 0 Å². The Hall–Kier alpha value is 1.24. The Balaban J connectivity index is 0. The van der Waals surface area contributed by atoms with Gasteiger partial charge in [0.15, 0.2) is 0 Å². The highest BCUT2D eigenvalue weighted by Gasteiger charge is 1.90. The zero-order valence-corrected chi connectivity index (χ0v) is 7.11. The predicted octanol–water partition coefficient (Wildman–Crippen LogP) is 2.01. The summed E-state index contributed by atoms with van der Waals surface area (Å²) in [6.07, 6.45) is 0. The first-order valence-corrected chi connectivity index (χ1v) is 8.29. The molecule has 0 N–H and O–H groups in total. The van der Waals surface area contributed by atoms with Gasteiger partial charge in [-0.3, -0.25) is 0 Å². The molecule has 0 aromatic carbocycles. The van der Waals surface area contributed by atoms with E-state index >= 15 is 0 Å². The standard InChI is InChI=1S/C2H6ClISi/c1-2-5(3)4/h5H,2H2,1H3/p+1. The molecule has 32 valence electrons. The molecular weight excluding hydrogens is 214 g/mol. The molecule has 5 heavy (non-hydrogen) atoms. The first-order chi connectivity index (χ1) is 2.27. The van der Waals surface area contributed by atoms with Crippen LogP contribution in [-0.2, 0) is 0 Å². The summed E-state index contributed by atoms with van der Waals surface area (Å²) in [6.45, 7) is 2.12. The molecule has 0 aromatic heterocycles. The second-order valence-electron chi connectivity index (χ2n) is 0.799. The van der Waals surface area contributed by atoms with Crippen molar-refractivity contribution >= 4 is 38.5 Å². The SMILES string of the molecule is CC[SiH](Cl)I.[H+]. The van der Waals surface area contributed by atoms with Gasteiger partial charge in [0.2, 0.25) is 5.60 Å². The maximum Gasteiger partial charge on any atom is 1.00 e. The summed E-state index contributed by atoms with van der Waals surface area (Å²) in [6, 6.07) is 1.20. The molecule has 1 unspecified atom stereocenters. The van der Waals surface area contributed by atoms with E-state index in [0.29, 0.717) is 0 Å². The van der Waals surface area contributed by atoms with Crippen LogP contribution in [0.3, 0.4) is 0 Å². The highest BCUT2D eigenvalue weighted by atomic mass is 127. The van der Waals surface area contributed by atoms with Crippen LogP contribution in [0.5, 0.6) is 0 Å². The van der Waals surface area contributed by atoms with Crippen LogP contribution in [0.2, 0.25) is 6.04 Å². The van der Waals surface area contributed by atoms with Crippen molar-refractivity contribution in [3.63, 3.8) is 0 Å². The Kier molecular flexibility index (Phi) is 4.28. The van der Waals surface area contributed by atoms with Gasteiger partial charge in [-0.2, -0.15) is 11.1 Å². The van der Waals surface area contributed by atoms with Crippen molar-refractivity contribution in [1.29, 1.82) is 0 Å². The topological polar surface area (TPSA) is 0 Å². The molecule has 0 rings (SSSR count). The highest BCUT2D eigenvalue weighted by Crippen LogP contribution is 2.03. The number of hydrogen-bond acceptors (Lipinski definition) is 0. The minimum absolute atomic E-state index is 0. The van der Waals surface area contributed by atoms with Crippen LogP contribution in [0.1, 0.15) is 8.35 Å². The molecular formula is C2H7ClISi+. The second kappa shape index (κ2) is 3.43. The summed E-state index contributed by atoms with van der Waals surface area (Å²) < 4.78 is 0. The van der Waals surface area contributed by atoms with Crippen LogP contribution in [0.4, 0.5) is 0 Å². The van der Waals surface area contributed by atoms with Crippen LogP contribution in [-0.4, -0.2) is 5.60 Å². The van der Waals surface area contributed by atoms with E-state index in [1.165, 1.54) is 6.04 Å². The molecule has 0 aliphatic rings. The normalized spacial score (nSPS) is 15.0. The lowest BCUT2D eigenvalue weighted by Gasteiger charge is -1.81. The summed E-state index contributed by atoms with van der Waals surface area (Å²) >= 11 is 7.90. The molecule has 0 aliphatic carbocycles. The Bertz CT molecular complexity index is 27.5. The molecule has 0 nitrogen and oxygen atoms in total. The smallest absolute Gasteiger partial charge is 0.158 e. The molecule has 0 radical (unpaired) electrons. The van der Waals surface area contributed by atoms with Gasteiger partial charge in [-0.1, -0.05) is 6.92 Å². The van der Waals surface area contributed by atoms with Crippen LogP contribution in [0.25, 0.3) is 0 Å². The van der Waals surface area contributed by atoms with Gasteiger partial charge in [-0.05, 0) is 6.04 Å². The van der Waals surface area contributed by atoms with Gasteiger partial charge in [-0.15, -0.1) is 21.8 Å². The maximum absolute atomic E-state index is 5.59. The molecule has 0 fully saturated rings. The average molecular weight is 222 g/mol. The molecule has 0 saturated carbocycles. The lowest BCUT2D eigenvalue weighted by molar-refractivity contribution is 1.47. The zero-order chi connectivity index (χ0) is 4.28. The van der Waals surface area contributed by atoms with Crippen molar-refractivity contribution in [3.05, 3.63) is 0 Å². The Morgan fingerprint density at radius 2 is 2.40 bits per heavy atom. The summed E-state index contributed by atoms with van der Waals surface area (Å²) in [7, 11) is 0. The molecule has 0 amide bonds. The maximum atomic E-state index is 5.59. The largest absolute Gasteiger partial charge is 1.00 e. The number of hydrogen-bond donors (Lipinski definition) is 0. The van der Waals surface area contributed by atoms with E-state index in [2.05, 4.69) is 28.7 Å². The highest BCUT2D eigenvalue weighted by molar-refractivity contribution is 14.1. The monoisotopic (exact) mass is 221 g/mol. The Morgan fingerprint density at radius 3 is 2.40 bits per heavy atom. The lowest BCUT2D eigenvalue weighted by Crippen LogP contribution is -1.81. The molecule has 0 aliphatic heterocycles. The number of rotatable bonds is 1. The first kappa shape index (κ1) is 6.24. The van der Waals surface area contributed by atoms with Gasteiger partial charge in [0, 0.05) is 0 Å². The van der Waals surface area contributed by atoms with Crippen LogP contribution >= 0.6 is 32.9 Å².